The Kier molecular flexibility index (Phi) is 4.71. The van der Waals surface area contributed by atoms with Gasteiger partial charge in [0.2, 0.25) is 11.8 Å². The fraction of sp³-hybridized carbons (Fsp3) is 0.375. The van der Waals surface area contributed by atoms with Gasteiger partial charge in [0.1, 0.15) is 13.2 Å². The normalized spacial score (nSPS) is 11.6. The molecule has 28 heavy (non-hydrogen) atoms. The second kappa shape index (κ2) is 7.32. The highest BCUT2D eigenvalue weighted by Gasteiger charge is 2.10. The minimum absolute atomic E-state index is 0.0275. The molecule has 0 fully saturated rings. The van der Waals surface area contributed by atoms with Crippen molar-refractivity contribution in [1.82, 2.24) is 39.2 Å². The molecule has 0 aliphatic rings. The zero-order chi connectivity index (χ0) is 19.7. The molecule has 4 heterocycles. The third-order valence-corrected chi connectivity index (χ3v) is 3.76. The Morgan fingerprint density at radius 3 is 1.61 bits per heavy atom. The van der Waals surface area contributed by atoms with Crippen LogP contribution in [0.4, 0.5) is 0 Å². The molecule has 0 saturated heterocycles. The molecule has 12 nitrogen and oxygen atoms in total. The largest absolute Gasteiger partial charge is 0.493 e. The van der Waals surface area contributed by atoms with Crippen molar-refractivity contribution in [2.75, 3.05) is 13.2 Å². The lowest BCUT2D eigenvalue weighted by Crippen LogP contribution is -2.06. The average Bonchev–Trinajstić information content (AvgIpc) is 3.21. The molecular weight excluding hydrogens is 368 g/mol. The number of fused-ring (bicyclic) bond motifs is 2. The maximum absolute atomic E-state index is 9.83. The number of hydrogen-bond acceptors (Lipinski definition) is 10. The third-order valence-electron chi connectivity index (χ3n) is 3.76. The minimum Gasteiger partial charge on any atom is -0.493 e. The second-order valence-corrected chi connectivity index (χ2v) is 6.10. The van der Waals surface area contributed by atoms with Gasteiger partial charge in [0.25, 0.3) is 11.6 Å². The van der Waals surface area contributed by atoms with Crippen LogP contribution in [0.15, 0.2) is 12.1 Å². The summed E-state index contributed by atoms with van der Waals surface area (Å²) >= 11 is 0. The van der Waals surface area contributed by atoms with Gasteiger partial charge in [-0.15, -0.1) is 10.2 Å². The maximum Gasteiger partial charge on any atom is 0.255 e. The Labute approximate surface area is 158 Å². The van der Waals surface area contributed by atoms with Crippen molar-refractivity contribution in [1.29, 1.82) is 0 Å². The lowest BCUT2D eigenvalue weighted by Gasteiger charge is -2.02. The molecule has 0 spiro atoms. The first-order chi connectivity index (χ1) is 13.5. The van der Waals surface area contributed by atoms with Crippen LogP contribution in [0, 0.1) is 13.8 Å². The van der Waals surface area contributed by atoms with Crippen LogP contribution in [-0.4, -0.2) is 62.6 Å². The molecule has 0 bridgehead atoms. The fourth-order valence-corrected chi connectivity index (χ4v) is 2.59. The lowest BCUT2D eigenvalue weighted by atomic mass is 10.4. The molecule has 4 aromatic heterocycles. The molecule has 146 valence electrons. The van der Waals surface area contributed by atoms with Gasteiger partial charge in [0.15, 0.2) is 11.6 Å². The Morgan fingerprint density at radius 1 is 0.750 bits per heavy atom. The van der Waals surface area contributed by atoms with E-state index in [-0.39, 0.29) is 25.0 Å². The highest BCUT2D eigenvalue weighted by Crippen LogP contribution is 2.13. The summed E-state index contributed by atoms with van der Waals surface area (Å²) in [5, 5.41) is 27.9. The van der Waals surface area contributed by atoms with Crippen LogP contribution in [0.3, 0.4) is 0 Å². The zero-order valence-corrected chi connectivity index (χ0v) is 15.3. The maximum atomic E-state index is 9.83. The summed E-state index contributed by atoms with van der Waals surface area (Å²) in [4.78, 5) is 16.8. The van der Waals surface area contributed by atoms with E-state index in [4.69, 9.17) is 9.47 Å². The first-order valence-corrected chi connectivity index (χ1v) is 8.49. The Hall–Kier alpha value is -3.38. The number of aryl methyl sites for hydroxylation is 2. The number of hydrogen-bond donors (Lipinski definition) is 2. The van der Waals surface area contributed by atoms with Crippen LogP contribution in [0.25, 0.3) is 11.6 Å². The third kappa shape index (κ3) is 3.68. The van der Waals surface area contributed by atoms with Gasteiger partial charge in [-0.25, -0.2) is 9.97 Å². The van der Waals surface area contributed by atoms with Crippen LogP contribution in [0.2, 0.25) is 0 Å². The molecule has 4 rings (SSSR count). The predicted molar refractivity (Wildman–Crippen MR) is 93.7 cm³/mol. The Bertz CT molecular complexity index is 1050. The standard InChI is InChI=1S/C16H18N8O4/c1-9-5-13(25)23-15(17-9)19-11(21-23)7-27-3-4-28-8-12-20-16-18-10(2)6-14(26)24(16)22-12/h5-6,25-26H,3-4,7-8H2,1-2H3. The van der Waals surface area contributed by atoms with E-state index in [9.17, 15) is 10.2 Å². The number of aromatic hydroxyl groups is 2. The van der Waals surface area contributed by atoms with Crippen molar-refractivity contribution in [2.45, 2.75) is 27.1 Å². The molecule has 0 amide bonds. The number of ether oxygens (including phenoxy) is 2. The van der Waals surface area contributed by atoms with E-state index in [1.165, 1.54) is 21.2 Å². The number of aromatic nitrogens is 8. The van der Waals surface area contributed by atoms with E-state index in [1.54, 1.807) is 13.8 Å². The van der Waals surface area contributed by atoms with E-state index in [1.807, 2.05) is 0 Å². The van der Waals surface area contributed by atoms with Crippen LogP contribution < -0.4 is 0 Å². The van der Waals surface area contributed by atoms with Gasteiger partial charge in [0.05, 0.1) is 13.2 Å². The van der Waals surface area contributed by atoms with Crippen molar-refractivity contribution in [3.8, 4) is 11.8 Å². The summed E-state index contributed by atoms with van der Waals surface area (Å²) in [7, 11) is 0. The van der Waals surface area contributed by atoms with E-state index < -0.39 is 0 Å². The van der Waals surface area contributed by atoms with Crippen LogP contribution in [0.1, 0.15) is 23.0 Å². The van der Waals surface area contributed by atoms with Gasteiger partial charge in [-0.2, -0.15) is 19.0 Å². The van der Waals surface area contributed by atoms with Crippen molar-refractivity contribution in [3.63, 3.8) is 0 Å². The zero-order valence-electron chi connectivity index (χ0n) is 15.3. The van der Waals surface area contributed by atoms with Gasteiger partial charge in [-0.3, -0.25) is 0 Å². The van der Waals surface area contributed by atoms with Gasteiger partial charge in [-0.05, 0) is 13.8 Å². The van der Waals surface area contributed by atoms with Gasteiger partial charge >= 0.3 is 0 Å². The van der Waals surface area contributed by atoms with E-state index in [2.05, 4.69) is 30.1 Å². The van der Waals surface area contributed by atoms with Crippen LogP contribution >= 0.6 is 0 Å². The monoisotopic (exact) mass is 386 g/mol. The smallest absolute Gasteiger partial charge is 0.255 e. The van der Waals surface area contributed by atoms with E-state index >= 15 is 0 Å². The minimum atomic E-state index is -0.0275. The summed E-state index contributed by atoms with van der Waals surface area (Å²) in [6.45, 7) is 4.47. The summed E-state index contributed by atoms with van der Waals surface area (Å²) in [6.07, 6.45) is 0. The summed E-state index contributed by atoms with van der Waals surface area (Å²) in [6, 6.07) is 3.01. The first-order valence-electron chi connectivity index (χ1n) is 8.49. The van der Waals surface area contributed by atoms with Crippen molar-refractivity contribution >= 4 is 11.6 Å². The predicted octanol–water partition coefficient (Wildman–Crippen LogP) is 0.323. The molecule has 0 radical (unpaired) electrons. The Balaban J connectivity index is 1.25. The summed E-state index contributed by atoms with van der Waals surface area (Å²) in [5.74, 6) is 1.40. The van der Waals surface area contributed by atoms with Gasteiger partial charge < -0.3 is 19.7 Å². The number of nitrogens with zero attached hydrogens (tertiary/aromatic N) is 8. The van der Waals surface area contributed by atoms with Gasteiger partial charge in [0, 0.05) is 23.5 Å². The summed E-state index contributed by atoms with van der Waals surface area (Å²) < 4.78 is 13.5. The highest BCUT2D eigenvalue weighted by molar-refractivity contribution is 5.34. The van der Waals surface area contributed by atoms with Crippen molar-refractivity contribution in [3.05, 3.63) is 35.2 Å². The van der Waals surface area contributed by atoms with Gasteiger partial charge in [-0.1, -0.05) is 0 Å². The fourth-order valence-electron chi connectivity index (χ4n) is 2.59. The summed E-state index contributed by atoms with van der Waals surface area (Å²) in [5.41, 5.74) is 1.30. The Morgan fingerprint density at radius 2 is 1.18 bits per heavy atom. The second-order valence-electron chi connectivity index (χ2n) is 6.10. The molecule has 2 N–H and O–H groups in total. The van der Waals surface area contributed by atoms with Crippen LogP contribution in [-0.2, 0) is 22.7 Å². The average molecular weight is 386 g/mol. The molecule has 0 atom stereocenters. The lowest BCUT2D eigenvalue weighted by molar-refractivity contribution is 0.0298. The van der Waals surface area contributed by atoms with E-state index in [0.29, 0.717) is 47.8 Å². The molecule has 0 unspecified atom stereocenters. The topological polar surface area (TPSA) is 145 Å². The molecule has 4 aromatic rings. The van der Waals surface area contributed by atoms with Crippen LogP contribution in [0.5, 0.6) is 11.8 Å². The first kappa shape index (κ1) is 18.0. The molecule has 0 aliphatic carbocycles. The SMILES string of the molecule is Cc1cc(O)n2nc(COCCOCc3nc4nc(C)cc(O)n4n3)nc2n1. The molecule has 0 aliphatic heterocycles. The van der Waals surface area contributed by atoms with Crippen molar-refractivity contribution in [2.24, 2.45) is 0 Å². The highest BCUT2D eigenvalue weighted by atomic mass is 16.5. The van der Waals surface area contributed by atoms with E-state index in [0.717, 1.165) is 0 Å². The quantitative estimate of drug-likeness (QED) is 0.426. The molecule has 0 aromatic carbocycles. The molecule has 0 saturated carbocycles. The van der Waals surface area contributed by atoms with Crippen molar-refractivity contribution < 1.29 is 19.7 Å². The molecular formula is C16H18N8O4. The molecule has 12 heteroatoms. The number of rotatable bonds is 7.